The van der Waals surface area contributed by atoms with Gasteiger partial charge in [0.2, 0.25) is 0 Å². The average Bonchev–Trinajstić information content (AvgIpc) is 3.38. The Hall–Kier alpha value is -2.05. The van der Waals surface area contributed by atoms with Crippen LogP contribution in [0.25, 0.3) is 0 Å². The first-order chi connectivity index (χ1) is 13.4. The lowest BCUT2D eigenvalue weighted by atomic mass is 9.49. The molecular weight excluding hydrogens is 358 g/mol. The lowest BCUT2D eigenvalue weighted by Gasteiger charge is -2.62. The highest BCUT2D eigenvalue weighted by Crippen LogP contribution is 2.66. The molecule has 28 heavy (non-hydrogen) atoms. The van der Waals surface area contributed by atoms with Crippen molar-refractivity contribution in [3.8, 4) is 11.5 Å². The third kappa shape index (κ3) is 1.79. The number of benzene rings is 1. The third-order valence-corrected chi connectivity index (χ3v) is 7.94. The summed E-state index contributed by atoms with van der Waals surface area (Å²) >= 11 is 0. The summed E-state index contributed by atoms with van der Waals surface area (Å²) in [7, 11) is 0. The summed E-state index contributed by atoms with van der Waals surface area (Å²) in [5, 5.41) is 33.7. The van der Waals surface area contributed by atoms with Crippen LogP contribution in [0.5, 0.6) is 11.5 Å². The van der Waals surface area contributed by atoms with Gasteiger partial charge in [0.05, 0.1) is 11.0 Å². The number of rotatable bonds is 3. The fraction of sp³-hybridized carbons (Fsp3) is 0.591. The lowest BCUT2D eigenvalue weighted by Crippen LogP contribution is -2.75. The average molecular weight is 383 g/mol. The summed E-state index contributed by atoms with van der Waals surface area (Å²) < 4.78 is 6.11. The molecule has 2 bridgehead atoms. The van der Waals surface area contributed by atoms with E-state index in [0.717, 1.165) is 24.2 Å². The molecular formula is C22H25NO5. The normalized spacial score (nSPS) is 38.2. The van der Waals surface area contributed by atoms with Crippen molar-refractivity contribution in [1.29, 1.82) is 0 Å². The number of hydrogen-bond donors (Lipinski definition) is 3. The zero-order chi connectivity index (χ0) is 19.4. The fourth-order valence-electron chi connectivity index (χ4n) is 6.48. The predicted octanol–water partition coefficient (Wildman–Crippen LogP) is 1.97. The van der Waals surface area contributed by atoms with Crippen molar-refractivity contribution in [3.05, 3.63) is 34.6 Å². The van der Waals surface area contributed by atoms with Gasteiger partial charge in [0.25, 0.3) is 0 Å². The minimum atomic E-state index is -1.20. The summed E-state index contributed by atoms with van der Waals surface area (Å²) in [6.45, 7) is 3.22. The van der Waals surface area contributed by atoms with E-state index in [4.69, 9.17) is 4.74 Å². The summed E-state index contributed by atoms with van der Waals surface area (Å²) in [6.07, 6.45) is 3.09. The van der Waals surface area contributed by atoms with Crippen LogP contribution in [0.2, 0.25) is 0 Å². The van der Waals surface area contributed by atoms with Crippen LogP contribution in [0.1, 0.15) is 43.7 Å². The maximum atomic E-state index is 12.3. The summed E-state index contributed by atoms with van der Waals surface area (Å²) in [5.41, 5.74) is 0.158. The standard InChI is InChI=1S/C22H25NO5/c1-11(24)14-9-22(27)16-8-13-4-5-15(25)19-17(13)21(22,20(28-19)18(14)26)6-7-23(16)10-12-2-3-12/h4-5,12,16,20,25-27H,2-3,6-10H2,1H3/t16-,20+,21+,22-/m1/s1. The molecule has 4 atom stereocenters. The van der Waals surface area contributed by atoms with Crippen LogP contribution in [0.3, 0.4) is 0 Å². The van der Waals surface area contributed by atoms with Crippen LogP contribution in [0.4, 0.5) is 0 Å². The van der Waals surface area contributed by atoms with Crippen molar-refractivity contribution >= 4 is 5.78 Å². The molecule has 2 fully saturated rings. The highest BCUT2D eigenvalue weighted by atomic mass is 16.5. The van der Waals surface area contributed by atoms with E-state index in [0.29, 0.717) is 24.5 Å². The van der Waals surface area contributed by atoms with E-state index in [-0.39, 0.29) is 35.3 Å². The Kier molecular flexibility index (Phi) is 3.07. The number of ketones is 1. The fourth-order valence-corrected chi connectivity index (χ4v) is 6.48. The van der Waals surface area contributed by atoms with Gasteiger partial charge >= 0.3 is 0 Å². The number of phenolic OH excluding ortho intramolecular Hbond substituents is 1. The van der Waals surface area contributed by atoms with E-state index in [1.54, 1.807) is 6.07 Å². The van der Waals surface area contributed by atoms with Gasteiger partial charge in [0.15, 0.2) is 23.4 Å². The SMILES string of the molecule is CC(=O)C1=C(O)[C@@H]2Oc3c(O)ccc4c3[C@@]23CCN(CC2CC2)[C@H](C4)[C@]3(O)C1. The molecule has 6 heteroatoms. The topological polar surface area (TPSA) is 90.2 Å². The highest BCUT2D eigenvalue weighted by molar-refractivity contribution is 5.95. The molecule has 0 amide bonds. The number of likely N-dealkylation sites (tertiary alicyclic amines) is 1. The maximum absolute atomic E-state index is 12.3. The molecule has 1 saturated heterocycles. The Morgan fingerprint density at radius 3 is 2.82 bits per heavy atom. The van der Waals surface area contributed by atoms with E-state index < -0.39 is 17.1 Å². The number of carbonyl (C=O) groups excluding carboxylic acids is 1. The first-order valence-corrected chi connectivity index (χ1v) is 10.3. The van der Waals surface area contributed by atoms with E-state index in [9.17, 15) is 20.1 Å². The molecule has 6 nitrogen and oxygen atoms in total. The molecule has 1 spiro atoms. The molecule has 1 aromatic rings. The third-order valence-electron chi connectivity index (χ3n) is 7.94. The molecule has 3 aliphatic carbocycles. The molecule has 0 aromatic heterocycles. The number of Topliss-reactive ketones (excluding diaryl/α,β-unsaturated/α-hetero) is 1. The van der Waals surface area contributed by atoms with Crippen LogP contribution < -0.4 is 4.74 Å². The van der Waals surface area contributed by atoms with Crippen LogP contribution in [0, 0.1) is 5.92 Å². The van der Waals surface area contributed by atoms with Gasteiger partial charge in [-0.25, -0.2) is 0 Å². The molecule has 0 unspecified atom stereocenters. The number of carbonyl (C=O) groups is 1. The van der Waals surface area contributed by atoms with E-state index in [1.165, 1.54) is 19.8 Å². The first-order valence-electron chi connectivity index (χ1n) is 10.3. The highest BCUT2D eigenvalue weighted by Gasteiger charge is 2.73. The minimum absolute atomic E-state index is 0.0286. The van der Waals surface area contributed by atoms with Gasteiger partial charge in [-0.15, -0.1) is 0 Å². The molecule has 2 aliphatic heterocycles. The predicted molar refractivity (Wildman–Crippen MR) is 101 cm³/mol. The zero-order valence-electron chi connectivity index (χ0n) is 15.9. The molecule has 3 N–H and O–H groups in total. The number of phenols is 1. The number of aliphatic hydroxyl groups excluding tert-OH is 1. The smallest absolute Gasteiger partial charge is 0.168 e. The Balaban J connectivity index is 1.61. The largest absolute Gasteiger partial charge is 0.508 e. The summed E-state index contributed by atoms with van der Waals surface area (Å²) in [6, 6.07) is 3.44. The van der Waals surface area contributed by atoms with Gasteiger partial charge in [-0.2, -0.15) is 0 Å². The van der Waals surface area contributed by atoms with Crippen molar-refractivity contribution < 1.29 is 24.9 Å². The van der Waals surface area contributed by atoms with E-state index in [1.807, 2.05) is 6.07 Å². The number of hydrogen-bond acceptors (Lipinski definition) is 6. The van der Waals surface area contributed by atoms with Crippen LogP contribution in [0.15, 0.2) is 23.5 Å². The second-order valence-electron chi connectivity index (χ2n) is 9.35. The molecule has 6 rings (SSSR count). The second kappa shape index (κ2) is 5.10. The molecule has 2 heterocycles. The van der Waals surface area contributed by atoms with Crippen LogP contribution in [-0.2, 0) is 16.6 Å². The number of nitrogens with zero attached hydrogens (tertiary/aromatic N) is 1. The molecule has 1 saturated carbocycles. The van der Waals surface area contributed by atoms with Gasteiger partial charge < -0.3 is 20.1 Å². The zero-order valence-corrected chi connectivity index (χ0v) is 15.9. The van der Waals surface area contributed by atoms with Gasteiger partial charge in [0.1, 0.15) is 5.76 Å². The van der Waals surface area contributed by atoms with Gasteiger partial charge in [-0.1, -0.05) is 6.07 Å². The number of aromatic hydroxyl groups is 1. The van der Waals surface area contributed by atoms with E-state index >= 15 is 0 Å². The molecule has 1 aromatic carbocycles. The van der Waals surface area contributed by atoms with E-state index in [2.05, 4.69) is 4.90 Å². The van der Waals surface area contributed by atoms with Crippen LogP contribution in [-0.4, -0.2) is 56.8 Å². The summed E-state index contributed by atoms with van der Waals surface area (Å²) in [4.78, 5) is 14.7. The number of ether oxygens (including phenoxy) is 1. The monoisotopic (exact) mass is 383 g/mol. The first kappa shape index (κ1) is 16.9. The number of piperidine rings is 1. The molecule has 148 valence electrons. The van der Waals surface area contributed by atoms with Crippen molar-refractivity contribution in [2.75, 3.05) is 13.1 Å². The van der Waals surface area contributed by atoms with Crippen LogP contribution >= 0.6 is 0 Å². The Morgan fingerprint density at radius 1 is 1.32 bits per heavy atom. The molecule has 5 aliphatic rings. The van der Waals surface area contributed by atoms with Crippen molar-refractivity contribution in [2.45, 2.75) is 62.2 Å². The Morgan fingerprint density at radius 2 is 2.11 bits per heavy atom. The molecule has 0 radical (unpaired) electrons. The maximum Gasteiger partial charge on any atom is 0.168 e. The van der Waals surface area contributed by atoms with Gasteiger partial charge in [-0.05, 0) is 56.7 Å². The quantitative estimate of drug-likeness (QED) is 0.739. The Bertz CT molecular complexity index is 950. The van der Waals surface area contributed by atoms with Gasteiger partial charge in [0, 0.05) is 30.1 Å². The lowest BCUT2D eigenvalue weighted by molar-refractivity contribution is -0.172. The van der Waals surface area contributed by atoms with Gasteiger partial charge in [-0.3, -0.25) is 9.69 Å². The second-order valence-corrected chi connectivity index (χ2v) is 9.35. The van der Waals surface area contributed by atoms with Crippen molar-refractivity contribution in [2.24, 2.45) is 5.92 Å². The van der Waals surface area contributed by atoms with Crippen molar-refractivity contribution in [1.82, 2.24) is 4.90 Å². The Labute approximate surface area is 163 Å². The summed E-state index contributed by atoms with van der Waals surface area (Å²) in [5.74, 6) is 0.786. The number of aliphatic hydroxyl groups is 2. The van der Waals surface area contributed by atoms with Crippen molar-refractivity contribution in [3.63, 3.8) is 0 Å². The minimum Gasteiger partial charge on any atom is -0.508 e.